The molecule has 0 atom stereocenters. The summed E-state index contributed by atoms with van der Waals surface area (Å²) in [6.07, 6.45) is 1.05. The zero-order valence-corrected chi connectivity index (χ0v) is 22.4. The zero-order valence-electron chi connectivity index (χ0n) is 21.6. The number of likely N-dealkylation sites (N-methyl/N-ethyl adjacent to an activating group) is 3. The summed E-state index contributed by atoms with van der Waals surface area (Å²) < 4.78 is 38.2. The van der Waals surface area contributed by atoms with Crippen LogP contribution in [0.2, 0.25) is 0 Å². The lowest BCUT2D eigenvalue weighted by molar-refractivity contribution is -0.135. The lowest BCUT2D eigenvalue weighted by Gasteiger charge is -2.26. The van der Waals surface area contributed by atoms with Crippen molar-refractivity contribution in [2.75, 3.05) is 54.6 Å². The first-order chi connectivity index (χ1) is 16.5. The van der Waals surface area contributed by atoms with E-state index in [1.54, 1.807) is 45.0 Å². The lowest BCUT2D eigenvalue weighted by atomic mass is 9.97. The topological polar surface area (TPSA) is 79.4 Å². The largest absolute Gasteiger partial charge is 0.497 e. The molecule has 0 N–H and O–H groups in total. The van der Waals surface area contributed by atoms with Crippen LogP contribution in [0.3, 0.4) is 0 Å². The van der Waals surface area contributed by atoms with Crippen LogP contribution in [0.1, 0.15) is 27.8 Å². The molecule has 0 unspecified atom stereocenters. The van der Waals surface area contributed by atoms with E-state index in [2.05, 4.69) is 30.1 Å². The second-order valence-corrected chi connectivity index (χ2v) is 11.3. The van der Waals surface area contributed by atoms with E-state index in [0.29, 0.717) is 23.4 Å². The van der Waals surface area contributed by atoms with E-state index >= 15 is 0 Å². The molecule has 9 heteroatoms. The van der Waals surface area contributed by atoms with E-state index in [0.717, 1.165) is 25.1 Å². The predicted molar refractivity (Wildman–Crippen MR) is 136 cm³/mol. The van der Waals surface area contributed by atoms with Crippen LogP contribution in [-0.4, -0.2) is 83.0 Å². The first-order valence-electron chi connectivity index (χ1n) is 11.8. The number of nitrogens with zero attached hydrogens (tertiary/aromatic N) is 3. The summed E-state index contributed by atoms with van der Waals surface area (Å²) in [7, 11) is 3.24. The fraction of sp³-hybridized carbons (Fsp3) is 0.500. The number of amides is 1. The number of rotatable bonds is 10. The third kappa shape index (κ3) is 6.61. The Hall–Kier alpha value is -2.46. The zero-order chi connectivity index (χ0) is 25.8. The van der Waals surface area contributed by atoms with Crippen LogP contribution in [0.25, 0.3) is 0 Å². The minimum absolute atomic E-state index is 0.0986. The predicted octanol–water partition coefficient (Wildman–Crippen LogP) is 2.60. The van der Waals surface area contributed by atoms with Crippen LogP contribution in [-0.2, 0) is 39.1 Å². The summed E-state index contributed by atoms with van der Waals surface area (Å²) in [5.74, 6) is 0.475. The highest BCUT2D eigenvalue weighted by atomic mass is 32.2. The summed E-state index contributed by atoms with van der Waals surface area (Å²) in [6.45, 7) is 6.16. The first-order valence-corrected chi connectivity index (χ1v) is 13.2. The fourth-order valence-electron chi connectivity index (χ4n) is 4.39. The maximum absolute atomic E-state index is 13.1. The van der Waals surface area contributed by atoms with Gasteiger partial charge in [-0.05, 0) is 67.3 Å². The molecule has 0 aromatic heterocycles. The molecular formula is C26H37N3O5S. The molecule has 0 radical (unpaired) electrons. The Morgan fingerprint density at radius 2 is 1.77 bits per heavy atom. The molecule has 8 nitrogen and oxygen atoms in total. The van der Waals surface area contributed by atoms with Crippen molar-refractivity contribution in [1.29, 1.82) is 0 Å². The minimum Gasteiger partial charge on any atom is -0.497 e. The number of hydrogen-bond acceptors (Lipinski definition) is 6. The summed E-state index contributed by atoms with van der Waals surface area (Å²) in [4.78, 5) is 16.8. The average molecular weight is 504 g/mol. The Bertz CT molecular complexity index is 1140. The van der Waals surface area contributed by atoms with Gasteiger partial charge in [0.05, 0.1) is 18.6 Å². The van der Waals surface area contributed by atoms with Gasteiger partial charge in [-0.2, -0.15) is 4.31 Å². The molecule has 0 bridgehead atoms. The maximum atomic E-state index is 13.1. The van der Waals surface area contributed by atoms with Gasteiger partial charge in [0.25, 0.3) is 0 Å². The van der Waals surface area contributed by atoms with E-state index in [1.807, 2.05) is 0 Å². The smallest absolute Gasteiger partial charge is 0.248 e. The first kappa shape index (κ1) is 27.1. The van der Waals surface area contributed by atoms with Crippen LogP contribution >= 0.6 is 0 Å². The molecule has 0 aliphatic carbocycles. The number of sulfonamides is 1. The monoisotopic (exact) mass is 503 g/mol. The van der Waals surface area contributed by atoms with E-state index in [1.165, 1.54) is 22.5 Å². The molecule has 1 heterocycles. The summed E-state index contributed by atoms with van der Waals surface area (Å²) in [5, 5.41) is 0. The van der Waals surface area contributed by atoms with Gasteiger partial charge in [0, 0.05) is 40.3 Å². The Balaban J connectivity index is 1.49. The second kappa shape index (κ2) is 11.5. The Labute approximate surface area is 209 Å². The number of hydrogen-bond donors (Lipinski definition) is 0. The number of benzene rings is 2. The summed E-state index contributed by atoms with van der Waals surface area (Å²) >= 11 is 0. The molecule has 2 aromatic carbocycles. The van der Waals surface area contributed by atoms with Crippen molar-refractivity contribution < 1.29 is 22.7 Å². The molecule has 0 saturated heterocycles. The quantitative estimate of drug-likeness (QED) is 0.464. The molecule has 1 aliphatic rings. The molecule has 2 aromatic rings. The van der Waals surface area contributed by atoms with Gasteiger partial charge >= 0.3 is 0 Å². The number of aryl methyl sites for hydroxylation is 2. The highest BCUT2D eigenvalue weighted by Crippen LogP contribution is 2.27. The van der Waals surface area contributed by atoms with E-state index < -0.39 is 10.0 Å². The van der Waals surface area contributed by atoms with Gasteiger partial charge in [0.1, 0.15) is 12.4 Å². The van der Waals surface area contributed by atoms with Gasteiger partial charge in [0.2, 0.25) is 15.9 Å². The second-order valence-electron chi connectivity index (χ2n) is 9.31. The SMILES string of the molecule is COc1cc(C)c(S(=O)(=O)N(C)CCOCC(=O)N(C)Cc2ccc3c(c2)CN(C)CC3)c(C)c1. The molecule has 1 aliphatic heterocycles. The molecule has 0 spiro atoms. The van der Waals surface area contributed by atoms with Crippen LogP contribution in [0.15, 0.2) is 35.2 Å². The highest BCUT2D eigenvalue weighted by Gasteiger charge is 2.25. The summed E-state index contributed by atoms with van der Waals surface area (Å²) in [5.41, 5.74) is 5.04. The van der Waals surface area contributed by atoms with Crippen molar-refractivity contribution in [3.05, 3.63) is 58.1 Å². The minimum atomic E-state index is -3.70. The summed E-state index contributed by atoms with van der Waals surface area (Å²) in [6, 6.07) is 9.84. The number of fused-ring (bicyclic) bond motifs is 1. The van der Waals surface area contributed by atoms with Crippen molar-refractivity contribution in [2.45, 2.75) is 38.3 Å². The van der Waals surface area contributed by atoms with Crippen LogP contribution in [0, 0.1) is 13.8 Å². The number of methoxy groups -OCH3 is 1. The van der Waals surface area contributed by atoms with Gasteiger partial charge in [-0.25, -0.2) is 8.42 Å². The molecule has 0 saturated carbocycles. The fourth-order valence-corrected chi connectivity index (χ4v) is 5.94. The van der Waals surface area contributed by atoms with Crippen molar-refractivity contribution in [1.82, 2.24) is 14.1 Å². The van der Waals surface area contributed by atoms with Gasteiger partial charge in [-0.3, -0.25) is 4.79 Å². The van der Waals surface area contributed by atoms with E-state index in [9.17, 15) is 13.2 Å². The standard InChI is InChI=1S/C26H37N3O5S/c1-19-13-24(33-6)14-20(2)26(19)35(31,32)29(5)11-12-34-18-25(30)28(4)16-21-7-8-22-9-10-27(3)17-23(22)15-21/h7-8,13-15H,9-12,16-18H2,1-6H3. The van der Waals surface area contributed by atoms with E-state index in [-0.39, 0.29) is 30.6 Å². The van der Waals surface area contributed by atoms with Crippen LogP contribution in [0.5, 0.6) is 5.75 Å². The van der Waals surface area contributed by atoms with Crippen molar-refractivity contribution in [3.8, 4) is 5.75 Å². The molecule has 192 valence electrons. The molecule has 3 rings (SSSR count). The normalized spacial score (nSPS) is 14.1. The third-order valence-electron chi connectivity index (χ3n) is 6.43. The van der Waals surface area contributed by atoms with Crippen LogP contribution in [0.4, 0.5) is 0 Å². The Morgan fingerprint density at radius 1 is 1.09 bits per heavy atom. The molecule has 1 amide bonds. The van der Waals surface area contributed by atoms with E-state index in [4.69, 9.17) is 9.47 Å². The average Bonchev–Trinajstić information content (AvgIpc) is 2.80. The van der Waals surface area contributed by atoms with Crippen LogP contribution < -0.4 is 4.74 Å². The molecule has 0 fully saturated rings. The van der Waals surface area contributed by atoms with Crippen molar-refractivity contribution >= 4 is 15.9 Å². The van der Waals surface area contributed by atoms with Gasteiger partial charge in [0.15, 0.2) is 0 Å². The van der Waals surface area contributed by atoms with Gasteiger partial charge in [-0.1, -0.05) is 18.2 Å². The number of carbonyl (C=O) groups is 1. The van der Waals surface area contributed by atoms with Crippen molar-refractivity contribution in [3.63, 3.8) is 0 Å². The lowest BCUT2D eigenvalue weighted by Crippen LogP contribution is -2.33. The molecule has 35 heavy (non-hydrogen) atoms. The highest BCUT2D eigenvalue weighted by molar-refractivity contribution is 7.89. The number of ether oxygens (including phenoxy) is 2. The van der Waals surface area contributed by atoms with Gasteiger partial charge in [-0.15, -0.1) is 0 Å². The third-order valence-corrected chi connectivity index (χ3v) is 8.60. The van der Waals surface area contributed by atoms with Crippen molar-refractivity contribution in [2.24, 2.45) is 0 Å². The Morgan fingerprint density at radius 3 is 2.43 bits per heavy atom. The Kier molecular flexibility index (Phi) is 8.93. The number of carbonyl (C=O) groups excluding carboxylic acids is 1. The van der Waals surface area contributed by atoms with Gasteiger partial charge < -0.3 is 19.3 Å². The molecular weight excluding hydrogens is 466 g/mol. The maximum Gasteiger partial charge on any atom is 0.248 e.